The SMILES string of the molecule is Cc1n[nH]c(C)c1[C@H]1COCCN1C(=O)c1cc(F)cc(F)c1. The van der Waals surface area contributed by atoms with Crippen molar-refractivity contribution in [1.29, 1.82) is 0 Å². The Morgan fingerprint density at radius 2 is 2.00 bits per heavy atom. The van der Waals surface area contributed by atoms with Gasteiger partial charge in [-0.3, -0.25) is 9.89 Å². The van der Waals surface area contributed by atoms with Crippen LogP contribution in [0.1, 0.15) is 33.4 Å². The van der Waals surface area contributed by atoms with Gasteiger partial charge in [0.2, 0.25) is 0 Å². The van der Waals surface area contributed by atoms with Crippen molar-refractivity contribution in [2.24, 2.45) is 0 Å². The number of nitrogens with zero attached hydrogens (tertiary/aromatic N) is 2. The molecule has 0 bridgehead atoms. The minimum absolute atomic E-state index is 0.00630. The summed E-state index contributed by atoms with van der Waals surface area (Å²) >= 11 is 0. The number of aromatic nitrogens is 2. The number of hydrogen-bond acceptors (Lipinski definition) is 3. The predicted molar refractivity (Wildman–Crippen MR) is 79.0 cm³/mol. The highest BCUT2D eigenvalue weighted by molar-refractivity contribution is 5.94. The molecule has 2 aromatic rings. The van der Waals surface area contributed by atoms with Crippen molar-refractivity contribution in [2.45, 2.75) is 19.9 Å². The summed E-state index contributed by atoms with van der Waals surface area (Å²) in [5, 5.41) is 7.04. The van der Waals surface area contributed by atoms with E-state index in [1.165, 1.54) is 0 Å². The number of aryl methyl sites for hydroxylation is 2. The topological polar surface area (TPSA) is 58.2 Å². The number of carbonyl (C=O) groups excluding carboxylic acids is 1. The molecule has 0 aliphatic carbocycles. The van der Waals surface area contributed by atoms with Gasteiger partial charge in [-0.15, -0.1) is 0 Å². The molecule has 122 valence electrons. The molecule has 1 aliphatic rings. The maximum atomic E-state index is 13.4. The third-order valence-electron chi connectivity index (χ3n) is 4.02. The molecule has 0 saturated carbocycles. The number of nitrogens with one attached hydrogen (secondary N) is 1. The molecule has 0 radical (unpaired) electrons. The van der Waals surface area contributed by atoms with E-state index in [9.17, 15) is 13.6 Å². The first-order valence-electron chi connectivity index (χ1n) is 7.33. The number of ether oxygens (including phenoxy) is 1. The van der Waals surface area contributed by atoms with Crippen molar-refractivity contribution in [3.8, 4) is 0 Å². The van der Waals surface area contributed by atoms with Crippen LogP contribution >= 0.6 is 0 Å². The molecule has 1 amide bonds. The number of hydrogen-bond donors (Lipinski definition) is 1. The summed E-state index contributed by atoms with van der Waals surface area (Å²) in [6, 6.07) is 2.51. The molecule has 1 atom stereocenters. The number of benzene rings is 1. The standard InChI is InChI=1S/C16H17F2N3O2/c1-9-15(10(2)20-19-9)14-8-23-4-3-21(14)16(22)11-5-12(17)7-13(18)6-11/h5-7,14H,3-4,8H2,1-2H3,(H,19,20)/t14-/m1/s1. The van der Waals surface area contributed by atoms with Gasteiger partial charge in [0.05, 0.1) is 24.9 Å². The van der Waals surface area contributed by atoms with E-state index in [2.05, 4.69) is 10.2 Å². The van der Waals surface area contributed by atoms with Crippen LogP contribution in [0.4, 0.5) is 8.78 Å². The number of carbonyl (C=O) groups is 1. The van der Waals surface area contributed by atoms with Gasteiger partial charge >= 0.3 is 0 Å². The van der Waals surface area contributed by atoms with Gasteiger partial charge in [-0.2, -0.15) is 5.10 Å². The average Bonchev–Trinajstić information content (AvgIpc) is 2.84. The second-order valence-electron chi connectivity index (χ2n) is 5.60. The minimum Gasteiger partial charge on any atom is -0.377 e. The zero-order valence-electron chi connectivity index (χ0n) is 12.9. The lowest BCUT2D eigenvalue weighted by molar-refractivity contribution is -0.00305. The highest BCUT2D eigenvalue weighted by Crippen LogP contribution is 2.29. The van der Waals surface area contributed by atoms with Gasteiger partial charge in [-0.05, 0) is 26.0 Å². The van der Waals surface area contributed by atoms with Gasteiger partial charge < -0.3 is 9.64 Å². The first-order valence-corrected chi connectivity index (χ1v) is 7.33. The van der Waals surface area contributed by atoms with Gasteiger partial charge in [-0.1, -0.05) is 0 Å². The minimum atomic E-state index is -0.770. The lowest BCUT2D eigenvalue weighted by Crippen LogP contribution is -2.43. The van der Waals surface area contributed by atoms with E-state index in [4.69, 9.17) is 4.74 Å². The van der Waals surface area contributed by atoms with Crippen molar-refractivity contribution >= 4 is 5.91 Å². The normalized spacial score (nSPS) is 18.3. The third kappa shape index (κ3) is 2.96. The van der Waals surface area contributed by atoms with E-state index in [1.54, 1.807) is 4.90 Å². The van der Waals surface area contributed by atoms with Crippen molar-refractivity contribution in [1.82, 2.24) is 15.1 Å². The zero-order valence-corrected chi connectivity index (χ0v) is 12.9. The van der Waals surface area contributed by atoms with Crippen LogP contribution in [0.25, 0.3) is 0 Å². The monoisotopic (exact) mass is 321 g/mol. The Morgan fingerprint density at radius 3 is 2.61 bits per heavy atom. The van der Waals surface area contributed by atoms with Crippen LogP contribution in [-0.4, -0.2) is 40.8 Å². The van der Waals surface area contributed by atoms with Crippen LogP contribution < -0.4 is 0 Å². The number of morpholine rings is 1. The Morgan fingerprint density at radius 1 is 1.30 bits per heavy atom. The van der Waals surface area contributed by atoms with Gasteiger partial charge in [0.25, 0.3) is 5.91 Å². The molecular weight excluding hydrogens is 304 g/mol. The molecule has 23 heavy (non-hydrogen) atoms. The number of aromatic amines is 1. The molecule has 0 spiro atoms. The Balaban J connectivity index is 1.97. The quantitative estimate of drug-likeness (QED) is 0.925. The van der Waals surface area contributed by atoms with Crippen molar-refractivity contribution in [2.75, 3.05) is 19.8 Å². The van der Waals surface area contributed by atoms with E-state index >= 15 is 0 Å². The fourth-order valence-corrected chi connectivity index (χ4v) is 2.98. The van der Waals surface area contributed by atoms with Crippen molar-refractivity contribution in [3.05, 3.63) is 52.3 Å². The second kappa shape index (κ2) is 6.08. The summed E-state index contributed by atoms with van der Waals surface area (Å²) < 4.78 is 32.3. The van der Waals surface area contributed by atoms with Gasteiger partial charge in [0.15, 0.2) is 0 Å². The molecule has 1 aromatic carbocycles. The summed E-state index contributed by atoms with van der Waals surface area (Å²) in [4.78, 5) is 14.3. The van der Waals surface area contributed by atoms with Crippen LogP contribution in [0.3, 0.4) is 0 Å². The van der Waals surface area contributed by atoms with Crippen LogP contribution in [0, 0.1) is 25.5 Å². The molecule has 1 N–H and O–H groups in total. The fourth-order valence-electron chi connectivity index (χ4n) is 2.98. The molecule has 5 nitrogen and oxygen atoms in total. The number of H-pyrrole nitrogens is 1. The summed E-state index contributed by atoms with van der Waals surface area (Å²) in [6.45, 7) is 4.78. The number of rotatable bonds is 2. The van der Waals surface area contributed by atoms with E-state index in [-0.39, 0.29) is 11.6 Å². The lowest BCUT2D eigenvalue weighted by Gasteiger charge is -2.36. The molecule has 3 rings (SSSR count). The smallest absolute Gasteiger partial charge is 0.254 e. The van der Waals surface area contributed by atoms with Gasteiger partial charge in [0, 0.05) is 29.4 Å². The largest absolute Gasteiger partial charge is 0.377 e. The Kier molecular flexibility index (Phi) is 4.12. The first kappa shape index (κ1) is 15.6. The van der Waals surface area contributed by atoms with E-state index in [0.717, 1.165) is 35.2 Å². The number of amides is 1. The molecule has 1 aliphatic heterocycles. The highest BCUT2D eigenvalue weighted by Gasteiger charge is 2.32. The second-order valence-corrected chi connectivity index (χ2v) is 5.60. The number of halogens is 2. The van der Waals surface area contributed by atoms with Crippen LogP contribution in [0.2, 0.25) is 0 Å². The molecule has 0 unspecified atom stereocenters. The fraction of sp³-hybridized carbons (Fsp3) is 0.375. The van der Waals surface area contributed by atoms with Gasteiger partial charge in [0.1, 0.15) is 11.6 Å². The van der Waals surface area contributed by atoms with E-state index in [0.29, 0.717) is 19.8 Å². The van der Waals surface area contributed by atoms with Crippen LogP contribution in [-0.2, 0) is 4.74 Å². The summed E-state index contributed by atoms with van der Waals surface area (Å²) in [6.07, 6.45) is 0. The maximum absolute atomic E-state index is 13.4. The maximum Gasteiger partial charge on any atom is 0.254 e. The molecule has 1 aromatic heterocycles. The zero-order chi connectivity index (χ0) is 16.6. The third-order valence-corrected chi connectivity index (χ3v) is 4.02. The Bertz CT molecular complexity index is 705. The summed E-state index contributed by atoms with van der Waals surface area (Å²) in [5.41, 5.74) is 2.51. The Hall–Kier alpha value is -2.28. The summed E-state index contributed by atoms with van der Waals surface area (Å²) in [5.74, 6) is -1.96. The molecule has 1 fully saturated rings. The van der Waals surface area contributed by atoms with E-state index in [1.807, 2.05) is 13.8 Å². The predicted octanol–water partition coefficient (Wildman–Crippen LogP) is 2.52. The van der Waals surface area contributed by atoms with Gasteiger partial charge in [-0.25, -0.2) is 8.78 Å². The molecule has 1 saturated heterocycles. The van der Waals surface area contributed by atoms with Crippen molar-refractivity contribution < 1.29 is 18.3 Å². The molecular formula is C16H17F2N3O2. The lowest BCUT2D eigenvalue weighted by atomic mass is 10.0. The van der Waals surface area contributed by atoms with Crippen molar-refractivity contribution in [3.63, 3.8) is 0 Å². The van der Waals surface area contributed by atoms with Crippen LogP contribution in [0.5, 0.6) is 0 Å². The average molecular weight is 321 g/mol. The first-order chi connectivity index (χ1) is 11.0. The summed E-state index contributed by atoms with van der Waals surface area (Å²) in [7, 11) is 0. The molecule has 7 heteroatoms. The highest BCUT2D eigenvalue weighted by atomic mass is 19.1. The van der Waals surface area contributed by atoms with Crippen LogP contribution in [0.15, 0.2) is 18.2 Å². The molecule has 2 heterocycles. The Labute approximate surface area is 132 Å². The van der Waals surface area contributed by atoms with E-state index < -0.39 is 17.5 Å².